The van der Waals surface area contributed by atoms with Crippen LogP contribution in [0.25, 0.3) is 33.0 Å². The van der Waals surface area contributed by atoms with Gasteiger partial charge in [-0.25, -0.2) is 28.7 Å². The third kappa shape index (κ3) is 4.71. The van der Waals surface area contributed by atoms with Gasteiger partial charge in [0.25, 0.3) is 11.8 Å². The summed E-state index contributed by atoms with van der Waals surface area (Å²) in [6.45, 7) is 3.70. The van der Waals surface area contributed by atoms with Gasteiger partial charge in [0.2, 0.25) is 5.95 Å². The predicted octanol–water partition coefficient (Wildman–Crippen LogP) is 3.17. The minimum atomic E-state index is -2.72. The summed E-state index contributed by atoms with van der Waals surface area (Å²) in [5.74, 6) is -1.87. The lowest BCUT2D eigenvalue weighted by Crippen LogP contribution is -2.45. The van der Waals surface area contributed by atoms with Gasteiger partial charge in [0.15, 0.2) is 5.82 Å². The molecular weight excluding hydrogens is 512 g/mol. The van der Waals surface area contributed by atoms with Crippen molar-refractivity contribution in [3.05, 3.63) is 35.6 Å². The van der Waals surface area contributed by atoms with Crippen molar-refractivity contribution in [2.45, 2.75) is 18.8 Å². The van der Waals surface area contributed by atoms with Crippen molar-refractivity contribution in [1.82, 2.24) is 39.5 Å². The van der Waals surface area contributed by atoms with E-state index in [0.717, 1.165) is 31.9 Å². The Morgan fingerprint density at radius 2 is 1.71 bits per heavy atom. The summed E-state index contributed by atoms with van der Waals surface area (Å²) in [7, 11) is 3.92. The molecular formula is C25H27F2N9OS. The molecule has 0 bridgehead atoms. The number of carbonyl (C=O) groups excluding carboxylic acids is 1. The predicted molar refractivity (Wildman–Crippen MR) is 140 cm³/mol. The van der Waals surface area contributed by atoms with Gasteiger partial charge in [0.05, 0.1) is 16.1 Å². The largest absolute Gasteiger partial charge is 0.338 e. The number of aryl methyl sites for hydroxylation is 1. The minimum absolute atomic E-state index is 0.0303. The van der Waals surface area contributed by atoms with Gasteiger partial charge < -0.3 is 14.7 Å². The number of halogens is 2. The van der Waals surface area contributed by atoms with E-state index < -0.39 is 5.92 Å². The summed E-state index contributed by atoms with van der Waals surface area (Å²) in [6.07, 6.45) is 4.49. The van der Waals surface area contributed by atoms with Crippen LogP contribution in [0.3, 0.4) is 0 Å². The molecule has 6 rings (SSSR count). The van der Waals surface area contributed by atoms with Gasteiger partial charge in [-0.3, -0.25) is 9.48 Å². The molecule has 2 fully saturated rings. The quantitative estimate of drug-likeness (QED) is 0.390. The molecule has 2 aliphatic rings. The molecule has 0 atom stereocenters. The Bertz CT molecular complexity index is 1470. The molecule has 4 aromatic heterocycles. The third-order valence-corrected chi connectivity index (χ3v) is 8.15. The Hall–Kier alpha value is -3.58. The van der Waals surface area contributed by atoms with Crippen LogP contribution in [0.2, 0.25) is 0 Å². The summed E-state index contributed by atoms with van der Waals surface area (Å²) >= 11 is 1.24. The number of fused-ring (bicyclic) bond motifs is 1. The number of alkyl halides is 2. The van der Waals surface area contributed by atoms with Crippen molar-refractivity contribution >= 4 is 33.4 Å². The van der Waals surface area contributed by atoms with Gasteiger partial charge in [-0.2, -0.15) is 5.10 Å². The van der Waals surface area contributed by atoms with Crippen LogP contribution >= 0.6 is 11.3 Å². The number of piperazine rings is 1. The number of likely N-dealkylation sites (tertiary alicyclic amines) is 1. The lowest BCUT2D eigenvalue weighted by molar-refractivity contribution is -0.0493. The maximum atomic E-state index is 13.6. The van der Waals surface area contributed by atoms with E-state index in [-0.39, 0.29) is 31.8 Å². The lowest BCUT2D eigenvalue weighted by Gasteiger charge is -2.32. The SMILES string of the molecule is CN1CCN(c2ncc(-c3nc(-c4ccnn4C)c4cc(C(=O)N5CCC(F)(F)CC5)sc4n3)cn2)CC1. The highest BCUT2D eigenvalue weighted by Gasteiger charge is 2.36. The van der Waals surface area contributed by atoms with E-state index in [1.807, 2.05) is 13.1 Å². The number of amides is 1. The number of hydrogen-bond acceptors (Lipinski definition) is 9. The molecule has 2 aliphatic heterocycles. The number of carbonyl (C=O) groups is 1. The number of piperidine rings is 1. The average molecular weight is 540 g/mol. The standard InChI is InChI=1S/C25H27F2N9OS/c1-33-9-11-36(12-10-33)24-28-14-16(15-29-24)21-31-20(18-3-6-30-34(18)2)17-13-19(38-22(17)32-21)23(37)35-7-4-25(26,27)5-8-35/h3,6,13-15H,4-5,7-12H2,1-2H3. The molecule has 2 saturated heterocycles. The fourth-order valence-electron chi connectivity index (χ4n) is 4.76. The van der Waals surface area contributed by atoms with Crippen LogP contribution in [0.5, 0.6) is 0 Å². The highest BCUT2D eigenvalue weighted by atomic mass is 32.1. The highest BCUT2D eigenvalue weighted by Crippen LogP contribution is 2.35. The molecule has 0 spiro atoms. The summed E-state index contributed by atoms with van der Waals surface area (Å²) in [6, 6.07) is 3.61. The van der Waals surface area contributed by atoms with E-state index in [9.17, 15) is 13.6 Å². The Morgan fingerprint density at radius 1 is 1.00 bits per heavy atom. The van der Waals surface area contributed by atoms with Crippen LogP contribution in [0.15, 0.2) is 30.7 Å². The van der Waals surface area contributed by atoms with E-state index in [0.29, 0.717) is 38.1 Å². The van der Waals surface area contributed by atoms with E-state index in [1.165, 1.54) is 16.2 Å². The summed E-state index contributed by atoms with van der Waals surface area (Å²) in [5.41, 5.74) is 2.06. The van der Waals surface area contributed by atoms with Crippen LogP contribution in [-0.4, -0.2) is 97.7 Å². The molecule has 0 aromatic carbocycles. The molecule has 198 valence electrons. The van der Waals surface area contributed by atoms with Gasteiger partial charge in [-0.15, -0.1) is 11.3 Å². The van der Waals surface area contributed by atoms with E-state index in [4.69, 9.17) is 9.97 Å². The second-order valence-electron chi connectivity index (χ2n) is 9.78. The molecule has 6 heterocycles. The first kappa shape index (κ1) is 24.7. The molecule has 4 aromatic rings. The smallest absolute Gasteiger partial charge is 0.264 e. The van der Waals surface area contributed by atoms with Crippen LogP contribution in [-0.2, 0) is 7.05 Å². The van der Waals surface area contributed by atoms with Crippen LogP contribution < -0.4 is 4.90 Å². The Morgan fingerprint density at radius 3 is 2.37 bits per heavy atom. The van der Waals surface area contributed by atoms with E-state index in [2.05, 4.69) is 31.9 Å². The minimum Gasteiger partial charge on any atom is -0.338 e. The Labute approximate surface area is 221 Å². The number of rotatable bonds is 4. The number of nitrogens with zero attached hydrogens (tertiary/aromatic N) is 9. The summed E-state index contributed by atoms with van der Waals surface area (Å²) in [4.78, 5) is 39.0. The molecule has 0 radical (unpaired) electrons. The first-order chi connectivity index (χ1) is 18.3. The molecule has 0 unspecified atom stereocenters. The van der Waals surface area contributed by atoms with E-state index >= 15 is 0 Å². The molecule has 13 heteroatoms. The second-order valence-corrected chi connectivity index (χ2v) is 10.8. The molecule has 10 nitrogen and oxygen atoms in total. The molecule has 0 aliphatic carbocycles. The van der Waals surface area contributed by atoms with Crippen molar-refractivity contribution in [2.75, 3.05) is 51.2 Å². The van der Waals surface area contributed by atoms with Crippen molar-refractivity contribution in [1.29, 1.82) is 0 Å². The van der Waals surface area contributed by atoms with Crippen LogP contribution in [0, 0.1) is 0 Å². The van der Waals surface area contributed by atoms with Gasteiger partial charge in [-0.05, 0) is 19.2 Å². The maximum absolute atomic E-state index is 13.6. The lowest BCUT2D eigenvalue weighted by atomic mass is 10.1. The van der Waals surface area contributed by atoms with Gasteiger partial charge >= 0.3 is 0 Å². The second kappa shape index (κ2) is 9.62. The van der Waals surface area contributed by atoms with E-state index in [1.54, 1.807) is 29.3 Å². The zero-order valence-electron chi connectivity index (χ0n) is 21.1. The van der Waals surface area contributed by atoms with Gasteiger partial charge in [0.1, 0.15) is 10.5 Å². The summed E-state index contributed by atoms with van der Waals surface area (Å²) < 4.78 is 29.0. The average Bonchev–Trinajstić information content (AvgIpc) is 3.54. The number of hydrogen-bond donors (Lipinski definition) is 0. The first-order valence-corrected chi connectivity index (χ1v) is 13.3. The van der Waals surface area contributed by atoms with Crippen molar-refractivity contribution in [3.63, 3.8) is 0 Å². The first-order valence-electron chi connectivity index (χ1n) is 12.5. The monoisotopic (exact) mass is 539 g/mol. The number of anilines is 1. The van der Waals surface area contributed by atoms with Crippen molar-refractivity contribution in [2.24, 2.45) is 7.05 Å². The van der Waals surface area contributed by atoms with Gasteiger partial charge in [-0.1, -0.05) is 0 Å². The molecule has 1 amide bonds. The number of aromatic nitrogens is 6. The topological polar surface area (TPSA) is 96.2 Å². The zero-order chi connectivity index (χ0) is 26.4. The fraction of sp³-hybridized carbons (Fsp3) is 0.440. The van der Waals surface area contributed by atoms with Gasteiger partial charge in [0, 0.05) is 83.1 Å². The molecule has 0 saturated carbocycles. The Kier molecular flexibility index (Phi) is 6.26. The zero-order valence-corrected chi connectivity index (χ0v) is 22.0. The maximum Gasteiger partial charge on any atom is 0.264 e. The van der Waals surface area contributed by atoms with Crippen molar-refractivity contribution < 1.29 is 13.6 Å². The third-order valence-electron chi connectivity index (χ3n) is 7.13. The van der Waals surface area contributed by atoms with Crippen LogP contribution in [0.4, 0.5) is 14.7 Å². The van der Waals surface area contributed by atoms with Crippen molar-refractivity contribution in [3.8, 4) is 22.8 Å². The number of thiophene rings is 1. The molecule has 0 N–H and O–H groups in total. The highest BCUT2D eigenvalue weighted by molar-refractivity contribution is 7.20. The fourth-order valence-corrected chi connectivity index (χ4v) is 5.76. The normalized spacial score (nSPS) is 18.3. The molecule has 38 heavy (non-hydrogen) atoms. The number of likely N-dealkylation sites (N-methyl/N-ethyl adjacent to an activating group) is 1. The Balaban J connectivity index is 1.35. The summed E-state index contributed by atoms with van der Waals surface area (Å²) in [5, 5.41) is 4.99. The van der Waals surface area contributed by atoms with Crippen LogP contribution in [0.1, 0.15) is 22.5 Å².